The number of unbranched alkanes of at least 4 members (excludes halogenated alkanes) is 2. The molecule has 0 aromatic rings. The molecule has 2 amide bonds. The second-order valence-electron chi connectivity index (χ2n) is 8.40. The van der Waals surface area contributed by atoms with E-state index in [1.54, 1.807) is 16.7 Å². The molecule has 0 aromatic heterocycles. The Morgan fingerprint density at radius 1 is 1.17 bits per heavy atom. The number of carbonyl (C=O) groups is 3. The van der Waals surface area contributed by atoms with Crippen LogP contribution in [0, 0.1) is 11.8 Å². The molecule has 2 fully saturated rings. The van der Waals surface area contributed by atoms with Crippen LogP contribution in [0.25, 0.3) is 0 Å². The lowest BCUT2D eigenvalue weighted by molar-refractivity contribution is -0.151. The van der Waals surface area contributed by atoms with Crippen molar-refractivity contribution in [3.8, 4) is 0 Å². The maximum Gasteiger partial charge on any atom is 0.311 e. The lowest BCUT2D eigenvalue weighted by atomic mass is 9.78. The number of esters is 1. The molecule has 4 rings (SSSR count). The predicted octanol–water partition coefficient (Wildman–Crippen LogP) is 1.37. The van der Waals surface area contributed by atoms with Crippen LogP contribution >= 0.6 is 11.8 Å². The first-order valence-electron chi connectivity index (χ1n) is 10.9. The van der Waals surface area contributed by atoms with Gasteiger partial charge in [-0.05, 0) is 12.8 Å². The minimum atomic E-state index is -0.779. The highest BCUT2D eigenvalue weighted by Crippen LogP contribution is 2.60. The van der Waals surface area contributed by atoms with Crippen LogP contribution in [-0.4, -0.2) is 81.6 Å². The fourth-order valence-electron chi connectivity index (χ4n) is 5.25. The summed E-state index contributed by atoms with van der Waals surface area (Å²) < 4.78 is 4.56. The summed E-state index contributed by atoms with van der Waals surface area (Å²) in [6.07, 6.45) is 11.2. The number of rotatable bonds is 7. The van der Waals surface area contributed by atoms with Crippen molar-refractivity contribution in [3.05, 3.63) is 24.3 Å². The van der Waals surface area contributed by atoms with E-state index in [-0.39, 0.29) is 36.2 Å². The largest absolute Gasteiger partial charge is 0.461 e. The zero-order valence-electron chi connectivity index (χ0n) is 17.4. The van der Waals surface area contributed by atoms with Gasteiger partial charge in [0.2, 0.25) is 11.8 Å². The van der Waals surface area contributed by atoms with Gasteiger partial charge in [0, 0.05) is 31.5 Å². The van der Waals surface area contributed by atoms with Crippen molar-refractivity contribution in [2.45, 2.75) is 48.6 Å². The van der Waals surface area contributed by atoms with E-state index in [1.807, 2.05) is 29.2 Å². The van der Waals surface area contributed by atoms with Gasteiger partial charge in [0.05, 0.1) is 16.6 Å². The average Bonchev–Trinajstić information content (AvgIpc) is 3.03. The number of aliphatic hydroxyl groups is 1. The predicted molar refractivity (Wildman–Crippen MR) is 114 cm³/mol. The van der Waals surface area contributed by atoms with Crippen LogP contribution in [0.3, 0.4) is 0 Å². The van der Waals surface area contributed by atoms with Gasteiger partial charge in [-0.15, -0.1) is 11.8 Å². The summed E-state index contributed by atoms with van der Waals surface area (Å²) in [4.78, 5) is 43.5. The van der Waals surface area contributed by atoms with Crippen LogP contribution in [0.15, 0.2) is 24.3 Å². The van der Waals surface area contributed by atoms with Crippen molar-refractivity contribution < 1.29 is 24.2 Å². The van der Waals surface area contributed by atoms with E-state index >= 15 is 0 Å². The van der Waals surface area contributed by atoms with Crippen LogP contribution in [0.4, 0.5) is 0 Å². The minimum absolute atomic E-state index is 0.0498. The van der Waals surface area contributed by atoms with Gasteiger partial charge in [0.15, 0.2) is 0 Å². The number of likely N-dealkylation sites (tertiary alicyclic amines) is 1. The number of aliphatic hydroxyl groups excluding tert-OH is 1. The summed E-state index contributed by atoms with van der Waals surface area (Å²) >= 11 is 1.56. The highest BCUT2D eigenvalue weighted by Gasteiger charge is 2.70. The van der Waals surface area contributed by atoms with E-state index in [1.165, 1.54) is 0 Å². The van der Waals surface area contributed by atoms with E-state index in [2.05, 4.69) is 6.92 Å². The van der Waals surface area contributed by atoms with Crippen molar-refractivity contribution in [1.29, 1.82) is 0 Å². The minimum Gasteiger partial charge on any atom is -0.461 e. The number of hydrogen-bond acceptors (Lipinski definition) is 6. The summed E-state index contributed by atoms with van der Waals surface area (Å²) in [5.41, 5.74) is 0. The molecule has 0 aliphatic carbocycles. The Kier molecular flexibility index (Phi) is 6.25. The molecular formula is C22H30N2O5S. The summed E-state index contributed by atoms with van der Waals surface area (Å²) in [5.74, 6) is -1.80. The van der Waals surface area contributed by atoms with Crippen molar-refractivity contribution in [2.75, 3.05) is 32.8 Å². The molecule has 2 saturated heterocycles. The molecule has 0 aromatic carbocycles. The summed E-state index contributed by atoms with van der Waals surface area (Å²) in [7, 11) is 0. The fourth-order valence-corrected chi connectivity index (χ4v) is 7.25. The Hall–Kier alpha value is -1.80. The molecule has 7 nitrogen and oxygen atoms in total. The Balaban J connectivity index is 1.73. The number of carbonyl (C=O) groups excluding carboxylic acids is 3. The molecule has 4 aliphatic rings. The maximum atomic E-state index is 13.7. The first-order valence-corrected chi connectivity index (χ1v) is 11.8. The Morgan fingerprint density at radius 2 is 2.00 bits per heavy atom. The summed E-state index contributed by atoms with van der Waals surface area (Å²) in [6, 6.07) is -0.653. The third kappa shape index (κ3) is 3.38. The van der Waals surface area contributed by atoms with Crippen molar-refractivity contribution >= 4 is 29.5 Å². The molecule has 0 bridgehead atoms. The van der Waals surface area contributed by atoms with Gasteiger partial charge >= 0.3 is 5.97 Å². The zero-order valence-corrected chi connectivity index (χ0v) is 18.2. The van der Waals surface area contributed by atoms with Gasteiger partial charge in [-0.25, -0.2) is 0 Å². The topological polar surface area (TPSA) is 87.2 Å². The molecule has 5 atom stereocenters. The van der Waals surface area contributed by atoms with E-state index in [0.29, 0.717) is 26.1 Å². The molecule has 1 spiro atoms. The normalized spacial score (nSPS) is 35.1. The molecule has 0 radical (unpaired) electrons. The van der Waals surface area contributed by atoms with Crippen LogP contribution in [0.5, 0.6) is 0 Å². The van der Waals surface area contributed by atoms with E-state index < -0.39 is 22.6 Å². The molecule has 4 heterocycles. The van der Waals surface area contributed by atoms with E-state index in [0.717, 1.165) is 19.3 Å². The van der Waals surface area contributed by atoms with E-state index in [4.69, 9.17) is 4.74 Å². The van der Waals surface area contributed by atoms with Crippen LogP contribution in [0.2, 0.25) is 0 Å². The van der Waals surface area contributed by atoms with Crippen molar-refractivity contribution in [1.82, 2.24) is 9.80 Å². The molecule has 4 aliphatic heterocycles. The Morgan fingerprint density at radius 3 is 2.77 bits per heavy atom. The standard InChI is InChI=1S/C22H30N2O5S/c1-2-3-4-10-23-11-6-9-22-17(16-15(30-22)8-5-14-29-21(16)28)19(26)24(12-7-13-25)18(22)20(23)27/h5-6,8-9,15-18,25H,2-4,7,10-14H2,1H3/t15-,16+,17+,18?,22+/m1/s1. The Bertz CT molecular complexity index is 769. The summed E-state index contributed by atoms with van der Waals surface area (Å²) in [5, 5.41) is 9.18. The van der Waals surface area contributed by atoms with Gasteiger partial charge < -0.3 is 19.6 Å². The maximum absolute atomic E-state index is 13.7. The molecule has 164 valence electrons. The average molecular weight is 435 g/mol. The first kappa shape index (κ1) is 21.4. The second-order valence-corrected chi connectivity index (χ2v) is 9.89. The summed E-state index contributed by atoms with van der Waals surface area (Å²) in [6.45, 7) is 3.79. The fraction of sp³-hybridized carbons (Fsp3) is 0.682. The molecule has 30 heavy (non-hydrogen) atoms. The molecule has 0 saturated carbocycles. The second kappa shape index (κ2) is 8.75. The quantitative estimate of drug-likeness (QED) is 0.370. The van der Waals surface area contributed by atoms with Gasteiger partial charge in [-0.3, -0.25) is 14.4 Å². The molecule has 1 unspecified atom stereocenters. The number of amides is 2. The van der Waals surface area contributed by atoms with E-state index in [9.17, 15) is 19.5 Å². The molecule has 1 N–H and O–H groups in total. The van der Waals surface area contributed by atoms with Crippen molar-refractivity contribution in [2.24, 2.45) is 11.8 Å². The SMILES string of the molecule is CCCCCN1CC=C[C@]23S[C@@H]4C=CCOC(=O)[C@@H]4[C@H]2C(=O)N(CCCO)C3C1=O. The smallest absolute Gasteiger partial charge is 0.311 e. The Labute approximate surface area is 181 Å². The number of nitrogens with zero attached hydrogens (tertiary/aromatic N) is 2. The van der Waals surface area contributed by atoms with Gasteiger partial charge in [0.1, 0.15) is 12.6 Å². The van der Waals surface area contributed by atoms with Gasteiger partial charge in [-0.1, -0.05) is 44.1 Å². The lowest BCUT2D eigenvalue weighted by Gasteiger charge is -2.35. The van der Waals surface area contributed by atoms with Gasteiger partial charge in [0.25, 0.3) is 0 Å². The van der Waals surface area contributed by atoms with Crippen molar-refractivity contribution in [3.63, 3.8) is 0 Å². The monoisotopic (exact) mass is 434 g/mol. The number of hydrogen-bond donors (Lipinski definition) is 1. The van der Waals surface area contributed by atoms with Crippen LogP contribution in [-0.2, 0) is 19.1 Å². The third-order valence-electron chi connectivity index (χ3n) is 6.59. The molecular weight excluding hydrogens is 404 g/mol. The lowest BCUT2D eigenvalue weighted by Crippen LogP contribution is -2.53. The van der Waals surface area contributed by atoms with Crippen LogP contribution < -0.4 is 0 Å². The zero-order chi connectivity index (χ0) is 21.3. The first-order chi connectivity index (χ1) is 14.5. The highest BCUT2D eigenvalue weighted by molar-refractivity contribution is 8.02. The third-order valence-corrected chi connectivity index (χ3v) is 8.33. The number of thioether (sulfide) groups is 1. The molecule has 8 heteroatoms. The highest BCUT2D eigenvalue weighted by atomic mass is 32.2. The number of ether oxygens (including phenoxy) is 1. The van der Waals surface area contributed by atoms with Gasteiger partial charge in [-0.2, -0.15) is 0 Å². The van der Waals surface area contributed by atoms with Crippen LogP contribution in [0.1, 0.15) is 32.6 Å². The number of cyclic esters (lactones) is 1. The number of fused-ring (bicyclic) bond motifs is 2.